The van der Waals surface area contributed by atoms with Crippen molar-refractivity contribution >= 4 is 17.9 Å². The highest BCUT2D eigenvalue weighted by Crippen LogP contribution is 2.14. The summed E-state index contributed by atoms with van der Waals surface area (Å²) in [5, 5.41) is 0. The van der Waals surface area contributed by atoms with Gasteiger partial charge in [0.25, 0.3) is 0 Å². The van der Waals surface area contributed by atoms with Gasteiger partial charge in [-0.15, -0.1) is 0 Å². The van der Waals surface area contributed by atoms with Crippen LogP contribution in [0.4, 0.5) is 0 Å². The Morgan fingerprint density at radius 1 is 0.313 bits per heavy atom. The fraction of sp³-hybridized carbons (Fsp3) is 0.656. The van der Waals surface area contributed by atoms with E-state index in [1.54, 1.807) is 0 Å². The molecule has 0 rings (SSSR count). The molecule has 1 unspecified atom stereocenters. The molecule has 0 saturated carbocycles. The molecule has 0 aromatic heterocycles. The summed E-state index contributed by atoms with van der Waals surface area (Å²) in [6, 6.07) is 0. The van der Waals surface area contributed by atoms with E-state index in [9.17, 15) is 14.4 Å². The van der Waals surface area contributed by atoms with Crippen molar-refractivity contribution in [2.45, 2.75) is 245 Å². The van der Waals surface area contributed by atoms with E-state index in [1.165, 1.54) is 103 Å². The van der Waals surface area contributed by atoms with Crippen LogP contribution in [0.5, 0.6) is 0 Å². The Kier molecular flexibility index (Phi) is 51.5. The summed E-state index contributed by atoms with van der Waals surface area (Å²) < 4.78 is 16.8. The molecule has 0 fully saturated rings. The van der Waals surface area contributed by atoms with Gasteiger partial charge in [0, 0.05) is 19.3 Å². The van der Waals surface area contributed by atoms with E-state index in [1.807, 2.05) is 72.9 Å². The maximum Gasteiger partial charge on any atom is 0.306 e. The minimum atomic E-state index is -0.809. The lowest BCUT2D eigenvalue weighted by atomic mass is 10.1. The molecular weight excluding hydrogens is 829 g/mol. The fourth-order valence-corrected chi connectivity index (χ4v) is 7.30. The first-order valence-corrected chi connectivity index (χ1v) is 27.5. The van der Waals surface area contributed by atoms with Gasteiger partial charge in [-0.05, 0) is 89.9 Å². The lowest BCUT2D eigenvalue weighted by Crippen LogP contribution is -2.30. The quantitative estimate of drug-likeness (QED) is 0.0199. The Morgan fingerprint density at radius 2 is 0.597 bits per heavy atom. The average Bonchev–Trinajstić information content (AvgIpc) is 3.33. The van der Waals surface area contributed by atoms with Crippen molar-refractivity contribution in [2.75, 3.05) is 13.2 Å². The number of carbonyl (C=O) groups excluding carboxylic acids is 3. The first-order chi connectivity index (χ1) is 33.0. The van der Waals surface area contributed by atoms with Gasteiger partial charge in [-0.25, -0.2) is 0 Å². The Hall–Kier alpha value is -3.93. The summed E-state index contributed by atoms with van der Waals surface area (Å²) in [4.78, 5) is 38.1. The molecule has 0 aromatic carbocycles. The zero-order chi connectivity index (χ0) is 48.6. The number of ether oxygens (including phenoxy) is 3. The van der Waals surface area contributed by atoms with Crippen LogP contribution in [0.25, 0.3) is 0 Å². The number of hydrogen-bond acceptors (Lipinski definition) is 6. The van der Waals surface area contributed by atoms with E-state index in [0.717, 1.165) is 96.3 Å². The van der Waals surface area contributed by atoms with E-state index < -0.39 is 6.10 Å². The molecule has 0 N–H and O–H groups in total. The highest BCUT2D eigenvalue weighted by molar-refractivity contribution is 5.71. The topological polar surface area (TPSA) is 78.9 Å². The number of allylic oxidation sites excluding steroid dienone is 18. The molecule has 67 heavy (non-hydrogen) atoms. The lowest BCUT2D eigenvalue weighted by molar-refractivity contribution is -0.167. The van der Waals surface area contributed by atoms with E-state index in [-0.39, 0.29) is 31.1 Å². The van der Waals surface area contributed by atoms with E-state index >= 15 is 0 Å². The predicted octanol–water partition coefficient (Wildman–Crippen LogP) is 18.3. The van der Waals surface area contributed by atoms with Crippen LogP contribution < -0.4 is 0 Å². The van der Waals surface area contributed by atoms with Crippen LogP contribution in [0.15, 0.2) is 109 Å². The molecule has 0 bridgehead atoms. The molecule has 0 amide bonds. The predicted molar refractivity (Wildman–Crippen MR) is 288 cm³/mol. The first-order valence-electron chi connectivity index (χ1n) is 27.5. The SMILES string of the molecule is CC\C=C/C=C\C=C/C=C\C=C\C=C/C=C\CCCCCC(=O)OCC(COC(=O)CCCCC/C=C\CCCCCCCCC)OC(=O)CCCCCCC/C=C\CCCCCCCCC. The van der Waals surface area contributed by atoms with Gasteiger partial charge in [0.05, 0.1) is 0 Å². The smallest absolute Gasteiger partial charge is 0.306 e. The molecule has 6 heteroatoms. The molecule has 0 aliphatic rings. The summed E-state index contributed by atoms with van der Waals surface area (Å²) >= 11 is 0. The van der Waals surface area contributed by atoms with Crippen LogP contribution in [-0.2, 0) is 28.6 Å². The zero-order valence-electron chi connectivity index (χ0n) is 43.4. The van der Waals surface area contributed by atoms with Crippen LogP contribution in [0.2, 0.25) is 0 Å². The molecule has 380 valence electrons. The second-order valence-electron chi connectivity index (χ2n) is 17.9. The second-order valence-corrected chi connectivity index (χ2v) is 17.9. The third-order valence-corrected chi connectivity index (χ3v) is 11.4. The molecule has 0 radical (unpaired) electrons. The van der Waals surface area contributed by atoms with Crippen molar-refractivity contribution in [2.24, 2.45) is 0 Å². The van der Waals surface area contributed by atoms with Crippen molar-refractivity contribution in [3.63, 3.8) is 0 Å². The van der Waals surface area contributed by atoms with Crippen LogP contribution in [0, 0.1) is 0 Å². The average molecular weight is 929 g/mol. The first kappa shape index (κ1) is 63.1. The minimum Gasteiger partial charge on any atom is -0.462 e. The molecule has 0 heterocycles. The highest BCUT2D eigenvalue weighted by Gasteiger charge is 2.19. The highest BCUT2D eigenvalue weighted by atomic mass is 16.6. The Morgan fingerprint density at radius 3 is 0.970 bits per heavy atom. The van der Waals surface area contributed by atoms with Crippen molar-refractivity contribution in [3.05, 3.63) is 109 Å². The summed E-state index contributed by atoms with van der Waals surface area (Å²) in [6.45, 7) is 6.42. The maximum atomic E-state index is 12.8. The molecule has 6 nitrogen and oxygen atoms in total. The fourth-order valence-electron chi connectivity index (χ4n) is 7.30. The van der Waals surface area contributed by atoms with Gasteiger partial charge in [-0.3, -0.25) is 14.4 Å². The zero-order valence-corrected chi connectivity index (χ0v) is 43.4. The normalized spacial score (nSPS) is 12.9. The second kappa shape index (κ2) is 54.7. The summed E-state index contributed by atoms with van der Waals surface area (Å²) in [5.41, 5.74) is 0. The van der Waals surface area contributed by atoms with Crippen LogP contribution >= 0.6 is 0 Å². The van der Waals surface area contributed by atoms with Gasteiger partial charge < -0.3 is 14.2 Å². The Labute approximate surface area is 412 Å². The third-order valence-electron chi connectivity index (χ3n) is 11.4. The van der Waals surface area contributed by atoms with E-state index in [2.05, 4.69) is 57.2 Å². The summed E-state index contributed by atoms with van der Waals surface area (Å²) in [6.07, 6.45) is 73.5. The van der Waals surface area contributed by atoms with Crippen molar-refractivity contribution in [1.29, 1.82) is 0 Å². The van der Waals surface area contributed by atoms with Crippen LogP contribution in [-0.4, -0.2) is 37.2 Å². The largest absolute Gasteiger partial charge is 0.462 e. The number of unbranched alkanes of at least 4 members (excludes halogenated alkanes) is 25. The van der Waals surface area contributed by atoms with Gasteiger partial charge >= 0.3 is 17.9 Å². The summed E-state index contributed by atoms with van der Waals surface area (Å²) in [5.74, 6) is -0.976. The van der Waals surface area contributed by atoms with E-state index in [4.69, 9.17) is 14.2 Å². The molecule has 0 aliphatic carbocycles. The minimum absolute atomic E-state index is 0.106. The maximum absolute atomic E-state index is 12.8. The van der Waals surface area contributed by atoms with Crippen LogP contribution in [0.1, 0.15) is 239 Å². The molecule has 0 aromatic rings. The molecule has 0 saturated heterocycles. The lowest BCUT2D eigenvalue weighted by Gasteiger charge is -2.18. The van der Waals surface area contributed by atoms with Crippen molar-refractivity contribution in [1.82, 2.24) is 0 Å². The standard InChI is InChI=1S/C61H100O6/c1-4-7-10-13-16-19-22-25-28-30-31-32-34-36-39-42-45-48-51-54-60(63)66-57-58(56-65-59(62)53-50-47-44-41-38-35-27-24-21-18-15-12-9-6-3)67-61(64)55-52-49-46-43-40-37-33-29-26-23-20-17-14-11-8-5-2/h7,10,13,16,19,22,25,28-36,38-39,58H,4-6,8-9,11-12,14-15,17-18,20-21,23-24,26-27,37,40-57H2,1-3H3/b10-7-,16-13-,22-19-,28-25-,31-30+,33-29-,34-32-,38-35-,39-36-. The van der Waals surface area contributed by atoms with Crippen LogP contribution in [0.3, 0.4) is 0 Å². The van der Waals surface area contributed by atoms with Gasteiger partial charge in [-0.1, -0.05) is 239 Å². The number of rotatable bonds is 48. The monoisotopic (exact) mass is 929 g/mol. The summed E-state index contributed by atoms with van der Waals surface area (Å²) in [7, 11) is 0. The molecule has 1 atom stereocenters. The Bertz CT molecular complexity index is 1390. The number of hydrogen-bond donors (Lipinski definition) is 0. The molecular formula is C61H100O6. The van der Waals surface area contributed by atoms with Gasteiger partial charge in [0.15, 0.2) is 6.10 Å². The van der Waals surface area contributed by atoms with Gasteiger partial charge in [0.1, 0.15) is 13.2 Å². The number of carbonyl (C=O) groups is 3. The van der Waals surface area contributed by atoms with E-state index in [0.29, 0.717) is 19.3 Å². The molecule has 0 aliphatic heterocycles. The third kappa shape index (κ3) is 52.9. The number of esters is 3. The molecule has 0 spiro atoms. The van der Waals surface area contributed by atoms with Crippen molar-refractivity contribution in [3.8, 4) is 0 Å². The van der Waals surface area contributed by atoms with Gasteiger partial charge in [0.2, 0.25) is 0 Å². The van der Waals surface area contributed by atoms with Crippen molar-refractivity contribution < 1.29 is 28.6 Å². The van der Waals surface area contributed by atoms with Gasteiger partial charge in [-0.2, -0.15) is 0 Å². The Balaban J connectivity index is 4.53.